The van der Waals surface area contributed by atoms with Crippen molar-refractivity contribution in [2.24, 2.45) is 0 Å². The first-order valence-corrected chi connectivity index (χ1v) is 10.6. The Kier molecular flexibility index (Phi) is 6.50. The van der Waals surface area contributed by atoms with Crippen LogP contribution in [-0.4, -0.2) is 22.5 Å². The van der Waals surface area contributed by atoms with Crippen molar-refractivity contribution in [1.29, 1.82) is 0 Å². The molecule has 0 atom stereocenters. The molecule has 0 radical (unpaired) electrons. The summed E-state index contributed by atoms with van der Waals surface area (Å²) in [6.07, 6.45) is 0.832. The number of hydrogen-bond donors (Lipinski definition) is 3. The van der Waals surface area contributed by atoms with Crippen LogP contribution in [0.25, 0.3) is 11.4 Å². The average molecular weight is 440 g/mol. The second-order valence-corrected chi connectivity index (χ2v) is 7.57. The second-order valence-electron chi connectivity index (χ2n) is 7.57. The molecule has 33 heavy (non-hydrogen) atoms. The van der Waals surface area contributed by atoms with Crippen LogP contribution in [-0.2, 0) is 6.42 Å². The monoisotopic (exact) mass is 439 g/mol. The standard InChI is InChI=1S/C26H25N5O2/c1-17-23(27)24(28)31-25(29-17)19-8-5-9-20(16-19)26(32)30-21-10-12-22(13-11-21)33-15-14-18-6-3-2-4-7-18/h2-13,16H,14-15,27H2,1H3,(H,30,32)(H2,28,29,31). The Hall–Kier alpha value is -4.39. The third kappa shape index (κ3) is 5.46. The van der Waals surface area contributed by atoms with E-state index in [2.05, 4.69) is 27.4 Å². The van der Waals surface area contributed by atoms with Crippen LogP contribution in [0.1, 0.15) is 21.6 Å². The van der Waals surface area contributed by atoms with Crippen molar-refractivity contribution in [1.82, 2.24) is 9.97 Å². The molecule has 0 aliphatic carbocycles. The van der Waals surface area contributed by atoms with Gasteiger partial charge in [0.2, 0.25) is 0 Å². The molecule has 4 aromatic rings. The minimum atomic E-state index is -0.241. The van der Waals surface area contributed by atoms with Gasteiger partial charge in [0.25, 0.3) is 5.91 Å². The Morgan fingerprint density at radius 3 is 2.42 bits per heavy atom. The molecule has 0 bridgehead atoms. The first-order valence-electron chi connectivity index (χ1n) is 10.6. The Labute approximate surface area is 192 Å². The molecular weight excluding hydrogens is 414 g/mol. The van der Waals surface area contributed by atoms with Gasteiger partial charge in [-0.1, -0.05) is 42.5 Å². The number of ether oxygens (including phenoxy) is 1. The zero-order valence-electron chi connectivity index (χ0n) is 18.3. The van der Waals surface area contributed by atoms with Crippen LogP contribution in [0, 0.1) is 6.92 Å². The van der Waals surface area contributed by atoms with E-state index in [1.165, 1.54) is 5.56 Å². The zero-order valence-corrected chi connectivity index (χ0v) is 18.3. The summed E-state index contributed by atoms with van der Waals surface area (Å²) in [6.45, 7) is 2.35. The molecule has 1 aromatic heterocycles. The molecule has 166 valence electrons. The molecule has 5 N–H and O–H groups in total. The average Bonchev–Trinajstić information content (AvgIpc) is 2.84. The molecule has 0 aliphatic heterocycles. The molecular formula is C26H25N5O2. The Morgan fingerprint density at radius 1 is 0.939 bits per heavy atom. The third-order valence-electron chi connectivity index (χ3n) is 5.16. The van der Waals surface area contributed by atoms with Gasteiger partial charge in [0.05, 0.1) is 18.0 Å². The van der Waals surface area contributed by atoms with Gasteiger partial charge in [0.1, 0.15) is 5.75 Å². The van der Waals surface area contributed by atoms with Crippen LogP contribution in [0.3, 0.4) is 0 Å². The molecule has 0 saturated carbocycles. The van der Waals surface area contributed by atoms with Gasteiger partial charge >= 0.3 is 0 Å². The Morgan fingerprint density at radius 2 is 1.70 bits per heavy atom. The van der Waals surface area contributed by atoms with Crippen molar-refractivity contribution in [2.45, 2.75) is 13.3 Å². The highest BCUT2D eigenvalue weighted by molar-refractivity contribution is 6.04. The van der Waals surface area contributed by atoms with Gasteiger partial charge in [-0.15, -0.1) is 0 Å². The highest BCUT2D eigenvalue weighted by Crippen LogP contribution is 2.23. The largest absolute Gasteiger partial charge is 0.493 e. The Balaban J connectivity index is 1.38. The van der Waals surface area contributed by atoms with E-state index in [1.807, 2.05) is 48.5 Å². The zero-order chi connectivity index (χ0) is 23.2. The summed E-state index contributed by atoms with van der Waals surface area (Å²) in [4.78, 5) is 21.4. The van der Waals surface area contributed by atoms with E-state index < -0.39 is 0 Å². The fraction of sp³-hybridized carbons (Fsp3) is 0.115. The van der Waals surface area contributed by atoms with Gasteiger partial charge in [-0.3, -0.25) is 4.79 Å². The lowest BCUT2D eigenvalue weighted by atomic mass is 10.1. The normalized spacial score (nSPS) is 10.6. The fourth-order valence-electron chi connectivity index (χ4n) is 3.30. The lowest BCUT2D eigenvalue weighted by molar-refractivity contribution is 0.102. The smallest absolute Gasteiger partial charge is 0.255 e. The number of nitrogens with two attached hydrogens (primary N) is 2. The lowest BCUT2D eigenvalue weighted by Crippen LogP contribution is -2.12. The van der Waals surface area contributed by atoms with Crippen molar-refractivity contribution in [3.63, 3.8) is 0 Å². The molecule has 3 aromatic carbocycles. The number of hydrogen-bond acceptors (Lipinski definition) is 6. The molecule has 0 aliphatic rings. The quantitative estimate of drug-likeness (QED) is 0.391. The number of nitrogens with one attached hydrogen (secondary N) is 1. The van der Waals surface area contributed by atoms with Gasteiger partial charge in [-0.05, 0) is 48.9 Å². The summed E-state index contributed by atoms with van der Waals surface area (Å²) in [5.41, 5.74) is 15.7. The van der Waals surface area contributed by atoms with Crippen molar-refractivity contribution in [3.8, 4) is 17.1 Å². The fourth-order valence-corrected chi connectivity index (χ4v) is 3.30. The molecule has 0 spiro atoms. The highest BCUT2D eigenvalue weighted by Gasteiger charge is 2.12. The van der Waals surface area contributed by atoms with E-state index in [-0.39, 0.29) is 11.7 Å². The first-order chi connectivity index (χ1) is 16.0. The van der Waals surface area contributed by atoms with Crippen LogP contribution in [0.4, 0.5) is 17.2 Å². The van der Waals surface area contributed by atoms with Crippen LogP contribution in [0.2, 0.25) is 0 Å². The molecule has 7 nitrogen and oxygen atoms in total. The number of nitrogens with zero attached hydrogens (tertiary/aromatic N) is 2. The van der Waals surface area contributed by atoms with Gasteiger partial charge in [-0.2, -0.15) is 0 Å². The van der Waals surface area contributed by atoms with Crippen LogP contribution in [0.15, 0.2) is 78.9 Å². The van der Waals surface area contributed by atoms with Crippen LogP contribution in [0.5, 0.6) is 5.75 Å². The van der Waals surface area contributed by atoms with Crippen molar-refractivity contribution in [3.05, 3.63) is 95.7 Å². The Bertz CT molecular complexity index is 1230. The minimum Gasteiger partial charge on any atom is -0.493 e. The van der Waals surface area contributed by atoms with Gasteiger partial charge in [-0.25, -0.2) is 9.97 Å². The topological polar surface area (TPSA) is 116 Å². The van der Waals surface area contributed by atoms with Crippen molar-refractivity contribution >= 4 is 23.1 Å². The number of aromatic nitrogens is 2. The summed E-state index contributed by atoms with van der Waals surface area (Å²) in [5, 5.41) is 2.90. The van der Waals surface area contributed by atoms with E-state index >= 15 is 0 Å². The predicted octanol–water partition coefficient (Wildman–Crippen LogP) is 4.49. The number of rotatable bonds is 7. The molecule has 1 amide bonds. The maximum Gasteiger partial charge on any atom is 0.255 e. The number of benzene rings is 3. The van der Waals surface area contributed by atoms with Gasteiger partial charge in [0, 0.05) is 23.2 Å². The summed E-state index contributed by atoms with van der Waals surface area (Å²) >= 11 is 0. The summed E-state index contributed by atoms with van der Waals surface area (Å²) in [5.74, 6) is 1.15. The molecule has 4 rings (SSSR count). The summed E-state index contributed by atoms with van der Waals surface area (Å²) in [7, 11) is 0. The maximum absolute atomic E-state index is 12.8. The van der Waals surface area contributed by atoms with E-state index in [9.17, 15) is 4.79 Å². The maximum atomic E-state index is 12.8. The number of nitrogen functional groups attached to an aromatic ring is 2. The third-order valence-corrected chi connectivity index (χ3v) is 5.16. The second kappa shape index (κ2) is 9.82. The summed E-state index contributed by atoms with van der Waals surface area (Å²) < 4.78 is 5.80. The number of carbonyl (C=O) groups excluding carboxylic acids is 1. The van der Waals surface area contributed by atoms with E-state index in [0.717, 1.165) is 12.2 Å². The number of carbonyl (C=O) groups is 1. The first kappa shape index (κ1) is 21.8. The molecule has 0 saturated heterocycles. The number of amides is 1. The minimum absolute atomic E-state index is 0.221. The van der Waals surface area contributed by atoms with E-state index in [0.29, 0.717) is 40.6 Å². The highest BCUT2D eigenvalue weighted by atomic mass is 16.5. The predicted molar refractivity (Wildman–Crippen MR) is 131 cm³/mol. The molecule has 0 fully saturated rings. The van der Waals surface area contributed by atoms with Crippen molar-refractivity contribution in [2.75, 3.05) is 23.4 Å². The van der Waals surface area contributed by atoms with Crippen LogP contribution < -0.4 is 21.5 Å². The lowest BCUT2D eigenvalue weighted by Gasteiger charge is -2.10. The van der Waals surface area contributed by atoms with E-state index in [1.54, 1.807) is 25.1 Å². The SMILES string of the molecule is Cc1nc(-c2cccc(C(=O)Nc3ccc(OCCc4ccccc4)cc3)c2)nc(N)c1N. The van der Waals surface area contributed by atoms with Gasteiger partial charge < -0.3 is 21.5 Å². The number of anilines is 3. The molecule has 7 heteroatoms. The summed E-state index contributed by atoms with van der Waals surface area (Å²) in [6, 6.07) is 24.5. The number of aryl methyl sites for hydroxylation is 1. The van der Waals surface area contributed by atoms with E-state index in [4.69, 9.17) is 16.2 Å². The van der Waals surface area contributed by atoms with Gasteiger partial charge in [0.15, 0.2) is 11.6 Å². The van der Waals surface area contributed by atoms with Crippen LogP contribution >= 0.6 is 0 Å². The van der Waals surface area contributed by atoms with Crippen molar-refractivity contribution < 1.29 is 9.53 Å². The molecule has 0 unspecified atom stereocenters. The molecule has 1 heterocycles.